The summed E-state index contributed by atoms with van der Waals surface area (Å²) >= 11 is 0. The van der Waals surface area contributed by atoms with Gasteiger partial charge < -0.3 is 15.4 Å². The second-order valence-electron chi connectivity index (χ2n) is 6.52. The van der Waals surface area contributed by atoms with Crippen molar-refractivity contribution in [2.24, 2.45) is 0 Å². The van der Waals surface area contributed by atoms with Crippen LogP contribution in [0.25, 0.3) is 0 Å². The molecule has 3 nitrogen and oxygen atoms in total. The van der Waals surface area contributed by atoms with E-state index in [2.05, 4.69) is 22.8 Å². The van der Waals surface area contributed by atoms with Crippen LogP contribution in [0.4, 0.5) is 15.8 Å². The number of methoxy groups -OCH3 is 1. The highest BCUT2D eigenvalue weighted by atomic mass is 19.1. The van der Waals surface area contributed by atoms with Gasteiger partial charge in [0.1, 0.15) is 11.6 Å². The smallest absolute Gasteiger partial charge is 0.123 e. The lowest BCUT2D eigenvalue weighted by atomic mass is 9.96. The van der Waals surface area contributed by atoms with Gasteiger partial charge in [0.05, 0.1) is 19.2 Å². The maximum atomic E-state index is 13.6. The normalized spacial score (nSPS) is 16.5. The Labute approximate surface area is 152 Å². The van der Waals surface area contributed by atoms with Crippen molar-refractivity contribution < 1.29 is 9.13 Å². The second-order valence-corrected chi connectivity index (χ2v) is 6.52. The minimum atomic E-state index is -0.189. The Kier molecular flexibility index (Phi) is 4.48. The van der Waals surface area contributed by atoms with Gasteiger partial charge in [0.25, 0.3) is 0 Å². The van der Waals surface area contributed by atoms with Gasteiger partial charge in [0.2, 0.25) is 0 Å². The number of hydrogen-bond acceptors (Lipinski definition) is 3. The molecule has 0 bridgehead atoms. The Morgan fingerprint density at radius 3 is 2.54 bits per heavy atom. The summed E-state index contributed by atoms with van der Waals surface area (Å²) in [6.45, 7) is 0. The Hall–Kier alpha value is -3.01. The van der Waals surface area contributed by atoms with Crippen LogP contribution in [-0.2, 0) is 6.42 Å². The van der Waals surface area contributed by atoms with Crippen molar-refractivity contribution in [3.63, 3.8) is 0 Å². The Balaban J connectivity index is 1.61. The van der Waals surface area contributed by atoms with Gasteiger partial charge in [-0.05, 0) is 60.0 Å². The average molecular weight is 348 g/mol. The first-order chi connectivity index (χ1) is 12.7. The molecule has 0 aromatic heterocycles. The second kappa shape index (κ2) is 7.08. The van der Waals surface area contributed by atoms with Gasteiger partial charge in [0, 0.05) is 11.4 Å². The average Bonchev–Trinajstić information content (AvgIpc) is 3.10. The molecule has 1 aliphatic rings. The fraction of sp³-hybridized carbons (Fsp3) is 0.182. The number of fused-ring (bicyclic) bond motifs is 1. The summed E-state index contributed by atoms with van der Waals surface area (Å²) in [5, 5.41) is 7.18. The van der Waals surface area contributed by atoms with E-state index in [0.717, 1.165) is 29.1 Å². The van der Waals surface area contributed by atoms with Crippen molar-refractivity contribution in [3.8, 4) is 5.75 Å². The molecule has 0 aliphatic carbocycles. The van der Waals surface area contributed by atoms with Crippen LogP contribution in [0.5, 0.6) is 5.75 Å². The molecule has 2 N–H and O–H groups in total. The van der Waals surface area contributed by atoms with Gasteiger partial charge in [-0.15, -0.1) is 0 Å². The van der Waals surface area contributed by atoms with Crippen molar-refractivity contribution in [1.29, 1.82) is 0 Å². The highest BCUT2D eigenvalue weighted by Crippen LogP contribution is 2.34. The van der Waals surface area contributed by atoms with Crippen LogP contribution >= 0.6 is 0 Å². The van der Waals surface area contributed by atoms with Gasteiger partial charge >= 0.3 is 0 Å². The Bertz CT molecular complexity index is 880. The molecule has 26 heavy (non-hydrogen) atoms. The van der Waals surface area contributed by atoms with Crippen LogP contribution in [0.3, 0.4) is 0 Å². The SMILES string of the molecule is COc1ccc(N[C@H](c2ccccc2)[C@@H]2Cc3cc(F)ccc3N2)cc1. The van der Waals surface area contributed by atoms with Gasteiger partial charge in [0.15, 0.2) is 0 Å². The number of hydrogen-bond donors (Lipinski definition) is 2. The maximum absolute atomic E-state index is 13.6. The van der Waals surface area contributed by atoms with Crippen molar-refractivity contribution in [2.45, 2.75) is 18.5 Å². The molecule has 4 rings (SSSR count). The van der Waals surface area contributed by atoms with Crippen molar-refractivity contribution in [2.75, 3.05) is 17.7 Å². The van der Waals surface area contributed by atoms with Gasteiger partial charge in [-0.25, -0.2) is 4.39 Å². The molecular formula is C22H21FN2O. The molecular weight excluding hydrogens is 327 g/mol. The quantitative estimate of drug-likeness (QED) is 0.679. The van der Waals surface area contributed by atoms with Gasteiger partial charge in [-0.1, -0.05) is 30.3 Å². The third-order valence-corrected chi connectivity index (χ3v) is 4.82. The minimum absolute atomic E-state index is 0.0556. The minimum Gasteiger partial charge on any atom is -0.497 e. The largest absolute Gasteiger partial charge is 0.497 e. The summed E-state index contributed by atoms with van der Waals surface area (Å²) in [6.07, 6.45) is 0.774. The first-order valence-corrected chi connectivity index (χ1v) is 8.73. The molecule has 3 aromatic carbocycles. The van der Waals surface area contributed by atoms with Crippen LogP contribution in [0, 0.1) is 5.82 Å². The molecule has 1 heterocycles. The number of benzene rings is 3. The molecule has 0 saturated carbocycles. The lowest BCUT2D eigenvalue weighted by molar-refractivity contribution is 0.415. The molecule has 0 unspecified atom stereocenters. The highest BCUT2D eigenvalue weighted by Gasteiger charge is 2.29. The first kappa shape index (κ1) is 16.5. The number of anilines is 2. The molecule has 0 saturated heterocycles. The Morgan fingerprint density at radius 1 is 1.04 bits per heavy atom. The molecule has 0 amide bonds. The fourth-order valence-electron chi connectivity index (χ4n) is 3.50. The van der Waals surface area contributed by atoms with Crippen LogP contribution in [-0.4, -0.2) is 13.2 Å². The number of halogens is 1. The predicted octanol–water partition coefficient (Wildman–Crippen LogP) is 5.02. The molecule has 0 fully saturated rings. The molecule has 4 heteroatoms. The molecule has 132 valence electrons. The summed E-state index contributed by atoms with van der Waals surface area (Å²) < 4.78 is 18.8. The number of rotatable bonds is 5. The van der Waals surface area contributed by atoms with Crippen molar-refractivity contribution in [3.05, 3.63) is 89.7 Å². The van der Waals surface area contributed by atoms with Crippen molar-refractivity contribution >= 4 is 11.4 Å². The predicted molar refractivity (Wildman–Crippen MR) is 103 cm³/mol. The zero-order valence-corrected chi connectivity index (χ0v) is 14.6. The van der Waals surface area contributed by atoms with Crippen molar-refractivity contribution in [1.82, 2.24) is 0 Å². The summed E-state index contributed by atoms with van der Waals surface area (Å²) in [4.78, 5) is 0. The number of nitrogens with one attached hydrogen (secondary N) is 2. The topological polar surface area (TPSA) is 33.3 Å². The molecule has 2 atom stereocenters. The fourth-order valence-corrected chi connectivity index (χ4v) is 3.50. The van der Waals surface area contributed by atoms with Gasteiger partial charge in [-0.3, -0.25) is 0 Å². The van der Waals surface area contributed by atoms with E-state index in [0.29, 0.717) is 0 Å². The third kappa shape index (κ3) is 3.36. The van der Waals surface area contributed by atoms with E-state index < -0.39 is 0 Å². The zero-order valence-electron chi connectivity index (χ0n) is 14.6. The summed E-state index contributed by atoms with van der Waals surface area (Å²) in [5.41, 5.74) is 4.24. The summed E-state index contributed by atoms with van der Waals surface area (Å²) in [7, 11) is 1.66. The van der Waals surface area contributed by atoms with E-state index in [1.54, 1.807) is 13.2 Å². The van der Waals surface area contributed by atoms with E-state index in [1.165, 1.54) is 11.6 Å². The van der Waals surface area contributed by atoms with Crippen LogP contribution < -0.4 is 15.4 Å². The Morgan fingerprint density at radius 2 is 1.81 bits per heavy atom. The van der Waals surface area contributed by atoms with Crippen LogP contribution in [0.1, 0.15) is 17.2 Å². The molecule has 0 spiro atoms. The van der Waals surface area contributed by atoms with Gasteiger partial charge in [-0.2, -0.15) is 0 Å². The van der Waals surface area contributed by atoms with E-state index in [4.69, 9.17) is 4.74 Å². The lowest BCUT2D eigenvalue weighted by Crippen LogP contribution is -2.30. The standard InChI is InChI=1S/C22H21FN2O/c1-26-19-10-8-18(9-11-19)24-22(15-5-3-2-4-6-15)21-14-16-13-17(23)7-12-20(16)25-21/h2-13,21-22,24-25H,14H2,1H3/t21-,22+/m0/s1. The monoisotopic (exact) mass is 348 g/mol. The lowest BCUT2D eigenvalue weighted by Gasteiger charge is -2.27. The van der Waals surface area contributed by atoms with E-state index in [9.17, 15) is 4.39 Å². The van der Waals surface area contributed by atoms with E-state index in [-0.39, 0.29) is 17.9 Å². The molecule has 1 aliphatic heterocycles. The van der Waals surface area contributed by atoms with Crippen LogP contribution in [0.15, 0.2) is 72.8 Å². The highest BCUT2D eigenvalue weighted by molar-refractivity contribution is 5.59. The maximum Gasteiger partial charge on any atom is 0.123 e. The summed E-state index contributed by atoms with van der Waals surface area (Å²) in [5.74, 6) is 0.638. The first-order valence-electron chi connectivity index (χ1n) is 8.73. The van der Waals surface area contributed by atoms with Crippen LogP contribution in [0.2, 0.25) is 0 Å². The third-order valence-electron chi connectivity index (χ3n) is 4.82. The zero-order chi connectivity index (χ0) is 17.9. The van der Waals surface area contributed by atoms with E-state index >= 15 is 0 Å². The van der Waals surface area contributed by atoms with E-state index in [1.807, 2.05) is 48.5 Å². The molecule has 3 aromatic rings. The summed E-state index contributed by atoms with van der Waals surface area (Å²) in [6, 6.07) is 23.4. The number of ether oxygens (including phenoxy) is 1. The molecule has 0 radical (unpaired) electrons.